The monoisotopic (exact) mass is 425 g/mol. The van der Waals surface area contributed by atoms with E-state index in [1.807, 2.05) is 0 Å². The minimum Gasteiger partial charge on any atom is -0.436 e. The lowest BCUT2D eigenvalue weighted by atomic mass is 10.2. The number of nitrogens with one attached hydrogen (secondary N) is 1. The number of hydrogen-bond donors (Lipinski definition) is 1. The van der Waals surface area contributed by atoms with Gasteiger partial charge in [-0.15, -0.1) is 0 Å². The largest absolute Gasteiger partial charge is 0.436 e. The SMILES string of the molecule is Cn1c(=O)[nH]/c(=N\c2ccc(Oc3ccon3)cc2)n(Cc2ccc(Cl)cc2)c1=O. The van der Waals surface area contributed by atoms with Gasteiger partial charge in [0.25, 0.3) is 5.88 Å². The molecule has 0 fully saturated rings. The number of ether oxygens (including phenoxy) is 1. The first-order valence-electron chi connectivity index (χ1n) is 8.87. The third-order valence-corrected chi connectivity index (χ3v) is 4.51. The van der Waals surface area contributed by atoms with Gasteiger partial charge in [0, 0.05) is 18.1 Å². The van der Waals surface area contributed by atoms with Crippen LogP contribution in [-0.2, 0) is 13.6 Å². The summed E-state index contributed by atoms with van der Waals surface area (Å²) in [5.41, 5.74) is 0.441. The molecule has 2 aromatic carbocycles. The Morgan fingerprint density at radius 2 is 1.83 bits per heavy atom. The summed E-state index contributed by atoms with van der Waals surface area (Å²) in [6, 6.07) is 15.4. The second-order valence-corrected chi connectivity index (χ2v) is 6.79. The second kappa shape index (κ2) is 8.26. The first-order chi connectivity index (χ1) is 14.5. The summed E-state index contributed by atoms with van der Waals surface area (Å²) >= 11 is 5.93. The summed E-state index contributed by atoms with van der Waals surface area (Å²) in [7, 11) is 1.40. The van der Waals surface area contributed by atoms with Crippen molar-refractivity contribution in [3.8, 4) is 11.6 Å². The van der Waals surface area contributed by atoms with Gasteiger partial charge in [-0.3, -0.25) is 9.55 Å². The number of hydrogen-bond acceptors (Lipinski definition) is 6. The van der Waals surface area contributed by atoms with Crippen LogP contribution in [0.5, 0.6) is 11.6 Å². The van der Waals surface area contributed by atoms with Crippen LogP contribution in [0.15, 0.2) is 80.0 Å². The van der Waals surface area contributed by atoms with Crippen LogP contribution < -0.4 is 21.7 Å². The van der Waals surface area contributed by atoms with Crippen LogP contribution in [0.3, 0.4) is 0 Å². The number of aromatic nitrogens is 4. The molecule has 0 bridgehead atoms. The summed E-state index contributed by atoms with van der Waals surface area (Å²) in [6.45, 7) is 0.215. The Labute approximate surface area is 174 Å². The Balaban J connectivity index is 1.72. The van der Waals surface area contributed by atoms with E-state index in [4.69, 9.17) is 20.9 Å². The third-order valence-electron chi connectivity index (χ3n) is 4.26. The molecule has 2 heterocycles. The Hall–Kier alpha value is -3.85. The Morgan fingerprint density at radius 3 is 2.50 bits per heavy atom. The molecule has 10 heteroatoms. The number of aromatic amines is 1. The summed E-state index contributed by atoms with van der Waals surface area (Å²) < 4.78 is 12.6. The highest BCUT2D eigenvalue weighted by Crippen LogP contribution is 2.22. The quantitative estimate of drug-likeness (QED) is 0.528. The van der Waals surface area contributed by atoms with Gasteiger partial charge in [0.2, 0.25) is 5.62 Å². The van der Waals surface area contributed by atoms with Gasteiger partial charge in [-0.1, -0.05) is 23.7 Å². The maximum absolute atomic E-state index is 12.7. The van der Waals surface area contributed by atoms with E-state index in [9.17, 15) is 9.59 Å². The van der Waals surface area contributed by atoms with Gasteiger partial charge in [-0.05, 0) is 47.1 Å². The van der Waals surface area contributed by atoms with E-state index >= 15 is 0 Å². The summed E-state index contributed by atoms with van der Waals surface area (Å²) in [4.78, 5) is 31.9. The average Bonchev–Trinajstić information content (AvgIpc) is 3.25. The predicted molar refractivity (Wildman–Crippen MR) is 109 cm³/mol. The fraction of sp³-hybridized carbons (Fsp3) is 0.100. The van der Waals surface area contributed by atoms with E-state index in [1.54, 1.807) is 54.6 Å². The molecule has 0 aliphatic rings. The van der Waals surface area contributed by atoms with Crippen molar-refractivity contribution in [2.75, 3.05) is 0 Å². The molecular formula is C20H16ClN5O4. The van der Waals surface area contributed by atoms with Crippen molar-refractivity contribution in [3.05, 3.63) is 98.0 Å². The van der Waals surface area contributed by atoms with Gasteiger partial charge in [0.15, 0.2) is 0 Å². The number of halogens is 1. The minimum absolute atomic E-state index is 0.128. The molecule has 1 N–H and O–H groups in total. The lowest BCUT2D eigenvalue weighted by Crippen LogP contribution is -2.48. The number of benzene rings is 2. The zero-order valence-corrected chi connectivity index (χ0v) is 16.5. The van der Waals surface area contributed by atoms with Crippen LogP contribution in [0, 0.1) is 0 Å². The Morgan fingerprint density at radius 1 is 1.10 bits per heavy atom. The number of nitrogens with zero attached hydrogens (tertiary/aromatic N) is 4. The second-order valence-electron chi connectivity index (χ2n) is 6.35. The Kier molecular flexibility index (Phi) is 5.36. The molecule has 0 saturated heterocycles. The van der Waals surface area contributed by atoms with E-state index in [1.165, 1.54) is 17.9 Å². The van der Waals surface area contributed by atoms with Crippen molar-refractivity contribution in [1.29, 1.82) is 0 Å². The van der Waals surface area contributed by atoms with Crippen molar-refractivity contribution >= 4 is 17.3 Å². The van der Waals surface area contributed by atoms with Crippen molar-refractivity contribution in [1.82, 2.24) is 19.3 Å². The summed E-state index contributed by atoms with van der Waals surface area (Å²) in [5.74, 6) is 0.866. The molecule has 2 aromatic heterocycles. The first-order valence-corrected chi connectivity index (χ1v) is 9.25. The van der Waals surface area contributed by atoms with E-state index < -0.39 is 11.4 Å². The van der Waals surface area contributed by atoms with Gasteiger partial charge in [0.1, 0.15) is 12.0 Å². The molecule has 0 saturated carbocycles. The molecule has 0 aliphatic carbocycles. The molecule has 0 atom stereocenters. The van der Waals surface area contributed by atoms with Crippen LogP contribution in [0.1, 0.15) is 5.56 Å². The third kappa shape index (κ3) is 4.26. The fourth-order valence-electron chi connectivity index (χ4n) is 2.69. The summed E-state index contributed by atoms with van der Waals surface area (Å²) in [5, 5.41) is 4.27. The molecule has 0 amide bonds. The molecule has 0 aliphatic heterocycles. The van der Waals surface area contributed by atoms with Crippen LogP contribution in [0.4, 0.5) is 5.69 Å². The first kappa shape index (κ1) is 19.5. The van der Waals surface area contributed by atoms with E-state index in [2.05, 4.69) is 15.1 Å². The van der Waals surface area contributed by atoms with Crippen molar-refractivity contribution in [2.24, 2.45) is 12.0 Å². The zero-order chi connectivity index (χ0) is 21.1. The average molecular weight is 426 g/mol. The molecule has 9 nitrogen and oxygen atoms in total. The van der Waals surface area contributed by atoms with Crippen LogP contribution >= 0.6 is 11.6 Å². The highest BCUT2D eigenvalue weighted by atomic mass is 35.5. The van der Waals surface area contributed by atoms with Crippen LogP contribution in [0.2, 0.25) is 5.02 Å². The zero-order valence-electron chi connectivity index (χ0n) is 15.8. The topological polar surface area (TPSA) is 107 Å². The normalized spacial score (nSPS) is 11.6. The van der Waals surface area contributed by atoms with Crippen molar-refractivity contribution < 1.29 is 9.26 Å². The van der Waals surface area contributed by atoms with Crippen LogP contribution in [0.25, 0.3) is 0 Å². The highest BCUT2D eigenvalue weighted by molar-refractivity contribution is 6.30. The maximum atomic E-state index is 12.7. The fourth-order valence-corrected chi connectivity index (χ4v) is 2.82. The number of H-pyrrole nitrogens is 1. The molecule has 4 aromatic rings. The molecule has 152 valence electrons. The summed E-state index contributed by atoms with van der Waals surface area (Å²) in [6.07, 6.45) is 1.41. The van der Waals surface area contributed by atoms with E-state index in [0.717, 1.165) is 10.1 Å². The molecule has 4 rings (SSSR count). The molecule has 0 unspecified atom stereocenters. The maximum Gasteiger partial charge on any atom is 0.335 e. The standard InChI is InChI=1S/C20H16ClN5O4/c1-25-19(27)23-18(26(20(25)28)12-13-2-4-14(21)5-3-13)22-15-6-8-16(9-7-15)30-17-10-11-29-24-17/h2-11H,12H2,1H3,(H,22,23,27). The molecule has 30 heavy (non-hydrogen) atoms. The lowest BCUT2D eigenvalue weighted by Gasteiger charge is -2.09. The lowest BCUT2D eigenvalue weighted by molar-refractivity contribution is 0.367. The predicted octanol–water partition coefficient (Wildman–Crippen LogP) is 2.59. The van der Waals surface area contributed by atoms with Crippen molar-refractivity contribution in [2.45, 2.75) is 6.54 Å². The smallest absolute Gasteiger partial charge is 0.335 e. The van der Waals surface area contributed by atoms with E-state index in [-0.39, 0.29) is 12.2 Å². The minimum atomic E-state index is -0.558. The highest BCUT2D eigenvalue weighted by Gasteiger charge is 2.07. The van der Waals surface area contributed by atoms with Gasteiger partial charge in [-0.25, -0.2) is 19.1 Å². The van der Waals surface area contributed by atoms with E-state index in [0.29, 0.717) is 22.3 Å². The van der Waals surface area contributed by atoms with Crippen LogP contribution in [-0.4, -0.2) is 19.3 Å². The molecule has 0 radical (unpaired) electrons. The Bertz CT molecular complexity index is 1330. The van der Waals surface area contributed by atoms with Gasteiger partial charge < -0.3 is 9.26 Å². The van der Waals surface area contributed by atoms with Crippen molar-refractivity contribution in [3.63, 3.8) is 0 Å². The van der Waals surface area contributed by atoms with Gasteiger partial charge >= 0.3 is 11.4 Å². The molecule has 0 spiro atoms. The number of rotatable bonds is 5. The van der Waals surface area contributed by atoms with Gasteiger partial charge in [-0.2, -0.15) is 0 Å². The molecular weight excluding hydrogens is 410 g/mol. The van der Waals surface area contributed by atoms with Gasteiger partial charge in [0.05, 0.1) is 12.2 Å².